The zero-order valence-corrected chi connectivity index (χ0v) is 6.10. The van der Waals surface area contributed by atoms with Gasteiger partial charge in [0.15, 0.2) is 0 Å². The van der Waals surface area contributed by atoms with Crippen LogP contribution in [-0.4, -0.2) is 24.2 Å². The Hall–Kier alpha value is 0.510. The molecular formula is C3H6F2INO. The molecule has 8 heavy (non-hydrogen) atoms. The maximum absolute atomic E-state index is 11.5. The summed E-state index contributed by atoms with van der Waals surface area (Å²) in [7, 11) is 0. The van der Waals surface area contributed by atoms with E-state index in [2.05, 4.69) is 3.53 Å². The van der Waals surface area contributed by atoms with Gasteiger partial charge in [0.05, 0.1) is 6.61 Å². The lowest BCUT2D eigenvalue weighted by atomic mass is 10.4. The van der Waals surface area contributed by atoms with E-state index in [0.29, 0.717) is 0 Å². The van der Waals surface area contributed by atoms with E-state index in [-0.39, 0.29) is 0 Å². The van der Waals surface area contributed by atoms with Crippen LogP contribution in [0.15, 0.2) is 0 Å². The Kier molecular flexibility index (Phi) is 4.68. The van der Waals surface area contributed by atoms with E-state index >= 15 is 0 Å². The largest absolute Gasteiger partial charge is 0.394 e. The number of aliphatic hydroxyl groups excluding tert-OH is 1. The maximum atomic E-state index is 11.5. The molecule has 0 aromatic rings. The molecule has 0 aromatic carbocycles. The van der Waals surface area contributed by atoms with Crippen LogP contribution in [0.5, 0.6) is 0 Å². The lowest BCUT2D eigenvalue weighted by Crippen LogP contribution is -2.32. The fourth-order valence-electron chi connectivity index (χ4n) is 0.162. The van der Waals surface area contributed by atoms with E-state index in [1.165, 1.54) is 0 Å². The smallest absolute Gasteiger partial charge is 0.256 e. The molecule has 0 aliphatic rings. The number of hydrogen-bond acceptors (Lipinski definition) is 2. The van der Waals surface area contributed by atoms with Crippen molar-refractivity contribution >= 4 is 22.9 Å². The van der Waals surface area contributed by atoms with Crippen molar-refractivity contribution in [3.63, 3.8) is 0 Å². The predicted molar refractivity (Wildman–Crippen MR) is 34.0 cm³/mol. The Morgan fingerprint density at radius 3 is 2.12 bits per heavy atom. The first kappa shape index (κ1) is 8.51. The van der Waals surface area contributed by atoms with Crippen LogP contribution in [0.4, 0.5) is 8.78 Å². The van der Waals surface area contributed by atoms with Crippen molar-refractivity contribution in [3.8, 4) is 0 Å². The molecule has 0 rings (SSSR count). The summed E-state index contributed by atoms with van der Waals surface area (Å²) in [6.07, 6.45) is -2.49. The highest BCUT2D eigenvalue weighted by atomic mass is 127. The fourth-order valence-corrected chi connectivity index (χ4v) is 0.631. The Bertz CT molecular complexity index is 59.2. The Morgan fingerprint density at radius 1 is 1.62 bits per heavy atom. The first-order valence-electron chi connectivity index (χ1n) is 1.97. The Morgan fingerprint density at radius 2 is 2.12 bits per heavy atom. The molecular weight excluding hydrogens is 231 g/mol. The van der Waals surface area contributed by atoms with Gasteiger partial charge >= 0.3 is 0 Å². The van der Waals surface area contributed by atoms with E-state index in [1.807, 2.05) is 0 Å². The Balaban J connectivity index is 3.35. The quantitative estimate of drug-likeness (QED) is 0.555. The molecule has 0 aliphatic carbocycles. The molecule has 2 nitrogen and oxygen atoms in total. The number of nitrogens with one attached hydrogen (secondary N) is 1. The molecule has 0 amide bonds. The van der Waals surface area contributed by atoms with Crippen molar-refractivity contribution in [2.75, 3.05) is 6.61 Å². The highest BCUT2D eigenvalue weighted by Gasteiger charge is 2.16. The van der Waals surface area contributed by atoms with Gasteiger partial charge in [0.2, 0.25) is 0 Å². The second-order valence-corrected chi connectivity index (χ2v) is 1.86. The first-order chi connectivity index (χ1) is 3.72. The fraction of sp³-hybridized carbons (Fsp3) is 1.00. The van der Waals surface area contributed by atoms with Crippen LogP contribution < -0.4 is 3.53 Å². The van der Waals surface area contributed by atoms with Crippen LogP contribution in [0.1, 0.15) is 0 Å². The van der Waals surface area contributed by atoms with E-state index < -0.39 is 19.1 Å². The molecule has 5 heteroatoms. The molecule has 0 saturated carbocycles. The maximum Gasteiger partial charge on any atom is 0.256 e. The van der Waals surface area contributed by atoms with Crippen molar-refractivity contribution in [3.05, 3.63) is 0 Å². The first-order valence-corrected chi connectivity index (χ1v) is 3.05. The van der Waals surface area contributed by atoms with Gasteiger partial charge in [0.25, 0.3) is 6.43 Å². The second kappa shape index (κ2) is 4.39. The lowest BCUT2D eigenvalue weighted by Gasteiger charge is -2.08. The summed E-state index contributed by atoms with van der Waals surface area (Å²) in [4.78, 5) is 0. The molecule has 0 spiro atoms. The van der Waals surface area contributed by atoms with Crippen LogP contribution in [0, 0.1) is 0 Å². The summed E-state index contributed by atoms with van der Waals surface area (Å²) >= 11 is 1.57. The average molecular weight is 237 g/mol. The van der Waals surface area contributed by atoms with E-state index in [0.717, 1.165) is 0 Å². The number of halogens is 3. The Labute approximate surface area is 59.8 Å². The molecule has 0 saturated heterocycles. The SMILES string of the molecule is OC[C@H](NI)C(F)F. The highest BCUT2D eigenvalue weighted by Crippen LogP contribution is 2.00. The number of aliphatic hydroxyl groups is 1. The number of alkyl halides is 2. The third-order valence-corrected chi connectivity index (χ3v) is 1.44. The minimum atomic E-state index is -2.49. The van der Waals surface area contributed by atoms with Gasteiger partial charge in [-0.2, -0.15) is 0 Å². The van der Waals surface area contributed by atoms with Crippen molar-refractivity contribution < 1.29 is 13.9 Å². The normalized spacial score (nSPS) is 14.6. The third-order valence-electron chi connectivity index (χ3n) is 0.641. The molecule has 1 atom stereocenters. The van der Waals surface area contributed by atoms with E-state index in [4.69, 9.17) is 5.11 Å². The molecule has 0 aromatic heterocycles. The second-order valence-electron chi connectivity index (χ2n) is 1.23. The molecule has 0 radical (unpaired) electrons. The minimum absolute atomic E-state index is 0.527. The molecule has 50 valence electrons. The minimum Gasteiger partial charge on any atom is -0.394 e. The average Bonchev–Trinajstić information content (AvgIpc) is 1.69. The van der Waals surface area contributed by atoms with Crippen LogP contribution in [0.25, 0.3) is 0 Å². The standard InChI is InChI=1S/C3H6F2INO/c4-3(5)2(1-8)7-6/h2-3,7-8H,1H2/t2-/m0/s1. The lowest BCUT2D eigenvalue weighted by molar-refractivity contribution is 0.0796. The monoisotopic (exact) mass is 237 g/mol. The van der Waals surface area contributed by atoms with E-state index in [9.17, 15) is 8.78 Å². The summed E-state index contributed by atoms with van der Waals surface area (Å²) in [6.45, 7) is -0.527. The van der Waals surface area contributed by atoms with Crippen LogP contribution in [0.3, 0.4) is 0 Å². The van der Waals surface area contributed by atoms with Gasteiger partial charge in [-0.15, -0.1) is 0 Å². The van der Waals surface area contributed by atoms with Crippen LogP contribution in [-0.2, 0) is 0 Å². The highest BCUT2D eigenvalue weighted by molar-refractivity contribution is 14.1. The van der Waals surface area contributed by atoms with Crippen LogP contribution >= 0.6 is 22.9 Å². The molecule has 0 bridgehead atoms. The zero-order valence-electron chi connectivity index (χ0n) is 3.94. The summed E-state index contributed by atoms with van der Waals surface area (Å²) in [5.41, 5.74) is 0. The van der Waals surface area contributed by atoms with Gasteiger partial charge < -0.3 is 5.11 Å². The van der Waals surface area contributed by atoms with Gasteiger partial charge in [-0.05, 0) is 0 Å². The van der Waals surface area contributed by atoms with Gasteiger partial charge in [0, 0.05) is 22.9 Å². The van der Waals surface area contributed by atoms with Crippen molar-refractivity contribution in [1.82, 2.24) is 3.53 Å². The molecule has 0 aliphatic heterocycles. The molecule has 0 heterocycles. The van der Waals surface area contributed by atoms with Crippen molar-refractivity contribution in [2.24, 2.45) is 0 Å². The van der Waals surface area contributed by atoms with Gasteiger partial charge in [-0.1, -0.05) is 0 Å². The molecule has 2 N–H and O–H groups in total. The molecule has 0 fully saturated rings. The third kappa shape index (κ3) is 2.73. The number of hydrogen-bond donors (Lipinski definition) is 2. The van der Waals surface area contributed by atoms with Gasteiger partial charge in [0.1, 0.15) is 6.04 Å². The van der Waals surface area contributed by atoms with Crippen molar-refractivity contribution in [1.29, 1.82) is 0 Å². The molecule has 0 unspecified atom stereocenters. The van der Waals surface area contributed by atoms with Crippen LogP contribution in [0.2, 0.25) is 0 Å². The van der Waals surface area contributed by atoms with Gasteiger partial charge in [-0.25, -0.2) is 12.3 Å². The summed E-state index contributed by atoms with van der Waals surface area (Å²) in [5, 5.41) is 8.15. The summed E-state index contributed by atoms with van der Waals surface area (Å²) in [6, 6.07) is -1.09. The van der Waals surface area contributed by atoms with Crippen molar-refractivity contribution in [2.45, 2.75) is 12.5 Å². The topological polar surface area (TPSA) is 32.3 Å². The zero-order chi connectivity index (χ0) is 6.57. The van der Waals surface area contributed by atoms with E-state index in [1.54, 1.807) is 22.9 Å². The van der Waals surface area contributed by atoms with Gasteiger partial charge in [-0.3, -0.25) is 0 Å². The predicted octanol–water partition coefficient (Wildman–Crippen LogP) is 0.552. The number of rotatable bonds is 3. The summed E-state index contributed by atoms with van der Waals surface area (Å²) in [5.74, 6) is 0. The summed E-state index contributed by atoms with van der Waals surface area (Å²) < 4.78 is 25.2.